The van der Waals surface area contributed by atoms with Crippen LogP contribution in [0.15, 0.2) is 30.3 Å². The van der Waals surface area contributed by atoms with Gasteiger partial charge in [0.25, 0.3) is 0 Å². The second-order valence-corrected chi connectivity index (χ2v) is 5.60. The van der Waals surface area contributed by atoms with Crippen molar-refractivity contribution in [1.82, 2.24) is 0 Å². The SMILES string of the molecule is O=[N+]([O-])c1ccc(CNc2cc(C(F)(F)F)ccc2Cl)s1. The molecule has 0 unspecified atom stereocenters. The van der Waals surface area contributed by atoms with E-state index in [-0.39, 0.29) is 22.3 Å². The van der Waals surface area contributed by atoms with Crippen LogP contribution < -0.4 is 5.32 Å². The minimum atomic E-state index is -4.46. The van der Waals surface area contributed by atoms with Crippen molar-refractivity contribution in [3.05, 3.63) is 55.9 Å². The summed E-state index contributed by atoms with van der Waals surface area (Å²) < 4.78 is 37.8. The molecule has 2 aromatic rings. The Hall–Kier alpha value is -1.80. The third-order valence-corrected chi connectivity index (χ3v) is 3.94. The highest BCUT2D eigenvalue weighted by Gasteiger charge is 2.30. The molecule has 2 rings (SSSR count). The molecule has 0 spiro atoms. The lowest BCUT2D eigenvalue weighted by atomic mass is 10.2. The van der Waals surface area contributed by atoms with Crippen LogP contribution in [-0.2, 0) is 12.7 Å². The normalized spacial score (nSPS) is 11.4. The number of nitrogens with zero attached hydrogens (tertiary/aromatic N) is 1. The largest absolute Gasteiger partial charge is 0.416 e. The summed E-state index contributed by atoms with van der Waals surface area (Å²) in [5.41, 5.74) is -0.686. The van der Waals surface area contributed by atoms with E-state index in [9.17, 15) is 23.3 Å². The number of rotatable bonds is 4. The fourth-order valence-corrected chi connectivity index (χ4v) is 2.52. The van der Waals surface area contributed by atoms with Crippen LogP contribution in [0.4, 0.5) is 23.9 Å². The lowest BCUT2D eigenvalue weighted by molar-refractivity contribution is -0.380. The molecular formula is C12H8ClF3N2O2S. The summed E-state index contributed by atoms with van der Waals surface area (Å²) in [6.07, 6.45) is -4.46. The zero-order valence-corrected chi connectivity index (χ0v) is 11.9. The predicted octanol–water partition coefficient (Wildman–Crippen LogP) is 4.94. The van der Waals surface area contributed by atoms with E-state index >= 15 is 0 Å². The first kappa shape index (κ1) is 15.6. The van der Waals surface area contributed by atoms with Gasteiger partial charge < -0.3 is 5.32 Å². The molecule has 1 heterocycles. The Kier molecular flexibility index (Phi) is 4.38. The van der Waals surface area contributed by atoms with Crippen molar-refractivity contribution in [2.75, 3.05) is 5.32 Å². The quantitative estimate of drug-likeness (QED) is 0.635. The number of nitro groups is 1. The lowest BCUT2D eigenvalue weighted by Gasteiger charge is -2.11. The third-order valence-electron chi connectivity index (χ3n) is 2.57. The van der Waals surface area contributed by atoms with Crippen LogP contribution in [-0.4, -0.2) is 4.92 Å². The number of thiophene rings is 1. The van der Waals surface area contributed by atoms with Crippen molar-refractivity contribution in [2.45, 2.75) is 12.7 Å². The number of alkyl halides is 3. The second-order valence-electron chi connectivity index (χ2n) is 4.04. The Bertz CT molecular complexity index is 673. The fraction of sp³-hybridized carbons (Fsp3) is 0.167. The third kappa shape index (κ3) is 3.85. The minimum Gasteiger partial charge on any atom is -0.379 e. The van der Waals surface area contributed by atoms with Crippen molar-refractivity contribution in [1.29, 1.82) is 0 Å². The summed E-state index contributed by atoms with van der Waals surface area (Å²) in [5.74, 6) is 0. The highest BCUT2D eigenvalue weighted by atomic mass is 35.5. The van der Waals surface area contributed by atoms with E-state index < -0.39 is 16.7 Å². The molecule has 0 aliphatic heterocycles. The average molecular weight is 337 g/mol. The van der Waals surface area contributed by atoms with Crippen molar-refractivity contribution in [3.63, 3.8) is 0 Å². The molecule has 0 saturated heterocycles. The van der Waals surface area contributed by atoms with Gasteiger partial charge in [0.05, 0.1) is 21.2 Å². The maximum Gasteiger partial charge on any atom is 0.416 e. The Morgan fingerprint density at radius 2 is 2.00 bits per heavy atom. The summed E-state index contributed by atoms with van der Waals surface area (Å²) in [6.45, 7) is 0.152. The first-order chi connectivity index (χ1) is 9.77. The molecule has 21 heavy (non-hydrogen) atoms. The number of hydrogen-bond acceptors (Lipinski definition) is 4. The van der Waals surface area contributed by atoms with Gasteiger partial charge in [-0.05, 0) is 24.3 Å². The van der Waals surface area contributed by atoms with Crippen LogP contribution in [0.1, 0.15) is 10.4 Å². The molecule has 0 radical (unpaired) electrons. The molecule has 0 aliphatic carbocycles. The van der Waals surface area contributed by atoms with Gasteiger partial charge in [-0.25, -0.2) is 0 Å². The van der Waals surface area contributed by atoms with E-state index in [0.717, 1.165) is 29.5 Å². The first-order valence-electron chi connectivity index (χ1n) is 5.61. The van der Waals surface area contributed by atoms with Gasteiger partial charge >= 0.3 is 11.2 Å². The summed E-state index contributed by atoms with van der Waals surface area (Å²) in [4.78, 5) is 10.6. The molecule has 0 atom stereocenters. The van der Waals surface area contributed by atoms with E-state index in [4.69, 9.17) is 11.6 Å². The van der Waals surface area contributed by atoms with Gasteiger partial charge in [0.2, 0.25) is 0 Å². The zero-order valence-electron chi connectivity index (χ0n) is 10.3. The molecule has 1 aromatic carbocycles. The molecule has 9 heteroatoms. The summed E-state index contributed by atoms with van der Waals surface area (Å²) in [5, 5.41) is 13.4. The van der Waals surface area contributed by atoms with Gasteiger partial charge in [-0.2, -0.15) is 13.2 Å². The van der Waals surface area contributed by atoms with Crippen LogP contribution >= 0.6 is 22.9 Å². The first-order valence-corrected chi connectivity index (χ1v) is 6.80. The zero-order chi connectivity index (χ0) is 15.6. The number of halogens is 4. The molecule has 0 saturated carbocycles. The van der Waals surface area contributed by atoms with E-state index in [1.165, 1.54) is 12.1 Å². The highest BCUT2D eigenvalue weighted by molar-refractivity contribution is 7.15. The summed E-state index contributed by atoms with van der Waals surface area (Å²) in [7, 11) is 0. The number of hydrogen-bond donors (Lipinski definition) is 1. The number of anilines is 1. The molecule has 4 nitrogen and oxygen atoms in total. The standard InChI is InChI=1S/C12H8ClF3N2O2S/c13-9-3-1-7(12(14,15)16)5-10(9)17-6-8-2-4-11(21-8)18(19)20/h1-5,17H,6H2. The minimum absolute atomic E-state index is 0.0260. The molecule has 1 N–H and O–H groups in total. The van der Waals surface area contributed by atoms with Gasteiger partial charge in [-0.3, -0.25) is 10.1 Å². The van der Waals surface area contributed by atoms with Crippen molar-refractivity contribution in [2.24, 2.45) is 0 Å². The topological polar surface area (TPSA) is 55.2 Å². The lowest BCUT2D eigenvalue weighted by Crippen LogP contribution is -2.06. The fourth-order valence-electron chi connectivity index (χ4n) is 1.58. The Labute approximate surface area is 126 Å². The van der Waals surface area contributed by atoms with Gasteiger partial charge in [-0.1, -0.05) is 22.9 Å². The van der Waals surface area contributed by atoms with Crippen LogP contribution in [0.5, 0.6) is 0 Å². The summed E-state index contributed by atoms with van der Waals surface area (Å²) >= 11 is 6.78. The maximum atomic E-state index is 12.6. The maximum absolute atomic E-state index is 12.6. The Balaban J connectivity index is 2.13. The van der Waals surface area contributed by atoms with Crippen LogP contribution in [0, 0.1) is 10.1 Å². The number of nitrogens with one attached hydrogen (secondary N) is 1. The van der Waals surface area contributed by atoms with Crippen LogP contribution in [0.25, 0.3) is 0 Å². The monoisotopic (exact) mass is 336 g/mol. The van der Waals surface area contributed by atoms with Gasteiger partial charge in [0, 0.05) is 17.5 Å². The van der Waals surface area contributed by atoms with Crippen LogP contribution in [0.3, 0.4) is 0 Å². The molecular weight excluding hydrogens is 329 g/mol. The summed E-state index contributed by atoms with van der Waals surface area (Å²) in [6, 6.07) is 5.84. The van der Waals surface area contributed by atoms with Crippen molar-refractivity contribution >= 4 is 33.6 Å². The van der Waals surface area contributed by atoms with Gasteiger partial charge in [-0.15, -0.1) is 0 Å². The van der Waals surface area contributed by atoms with E-state index in [1.807, 2.05) is 0 Å². The molecule has 0 fully saturated rings. The average Bonchev–Trinajstić information content (AvgIpc) is 2.85. The molecule has 112 valence electrons. The van der Waals surface area contributed by atoms with Crippen LogP contribution in [0.2, 0.25) is 5.02 Å². The smallest absolute Gasteiger partial charge is 0.379 e. The molecule has 1 aromatic heterocycles. The molecule has 0 aliphatic rings. The van der Waals surface area contributed by atoms with Gasteiger partial charge in [0.1, 0.15) is 0 Å². The Morgan fingerprint density at radius 1 is 1.29 bits per heavy atom. The molecule has 0 bridgehead atoms. The van der Waals surface area contributed by atoms with E-state index in [1.54, 1.807) is 0 Å². The van der Waals surface area contributed by atoms with E-state index in [0.29, 0.717) is 4.88 Å². The van der Waals surface area contributed by atoms with E-state index in [2.05, 4.69) is 5.32 Å². The molecule has 0 amide bonds. The van der Waals surface area contributed by atoms with Crippen molar-refractivity contribution < 1.29 is 18.1 Å². The predicted molar refractivity (Wildman–Crippen MR) is 74.8 cm³/mol. The second kappa shape index (κ2) is 5.90. The van der Waals surface area contributed by atoms with Gasteiger partial charge in [0.15, 0.2) is 0 Å². The number of benzene rings is 1. The Morgan fingerprint density at radius 3 is 2.57 bits per heavy atom. The van der Waals surface area contributed by atoms with Crippen molar-refractivity contribution in [3.8, 4) is 0 Å². The highest BCUT2D eigenvalue weighted by Crippen LogP contribution is 2.34.